The fourth-order valence-electron chi connectivity index (χ4n) is 3.56. The smallest absolute Gasteiger partial charge is 0.267 e. The molecule has 0 aromatic heterocycles. The summed E-state index contributed by atoms with van der Waals surface area (Å²) in [5.41, 5.74) is 1.20. The topological polar surface area (TPSA) is 49.9 Å². The van der Waals surface area contributed by atoms with Gasteiger partial charge in [0.25, 0.3) is 5.91 Å². The quantitative estimate of drug-likeness (QED) is 0.768. The van der Waals surface area contributed by atoms with Crippen LogP contribution in [0.1, 0.15) is 31.7 Å². The van der Waals surface area contributed by atoms with Crippen LogP contribution in [0.3, 0.4) is 0 Å². The molecule has 1 atom stereocenters. The largest absolute Gasteiger partial charge is 0.479 e. The zero-order valence-electron chi connectivity index (χ0n) is 15.8. The van der Waals surface area contributed by atoms with Crippen LogP contribution in [-0.4, -0.2) is 35.4 Å². The summed E-state index contributed by atoms with van der Waals surface area (Å²) in [5, 5.41) is 0. The molecule has 0 spiro atoms. The van der Waals surface area contributed by atoms with Crippen LogP contribution in [0.4, 0.5) is 10.1 Å². The first-order valence-electron chi connectivity index (χ1n) is 9.64. The molecule has 28 heavy (non-hydrogen) atoms. The number of hydrogen-bond donors (Lipinski definition) is 0. The van der Waals surface area contributed by atoms with Crippen molar-refractivity contribution in [3.05, 3.63) is 59.9 Å². The van der Waals surface area contributed by atoms with Gasteiger partial charge in [0.05, 0.1) is 5.69 Å². The molecule has 1 aliphatic heterocycles. The maximum atomic E-state index is 14.0. The van der Waals surface area contributed by atoms with E-state index in [-0.39, 0.29) is 43.2 Å². The van der Waals surface area contributed by atoms with Gasteiger partial charge < -0.3 is 14.5 Å². The van der Waals surface area contributed by atoms with Crippen LogP contribution in [0, 0.1) is 5.82 Å². The summed E-state index contributed by atoms with van der Waals surface area (Å²) < 4.78 is 19.7. The maximum absolute atomic E-state index is 14.0. The van der Waals surface area contributed by atoms with Crippen molar-refractivity contribution in [3.8, 4) is 5.75 Å². The number of nitrogens with zero attached hydrogens (tertiary/aromatic N) is 2. The first-order chi connectivity index (χ1) is 13.5. The highest BCUT2D eigenvalue weighted by Crippen LogP contribution is 2.34. The molecule has 1 saturated carbocycles. The van der Waals surface area contributed by atoms with Gasteiger partial charge in [-0.2, -0.15) is 0 Å². The predicted molar refractivity (Wildman–Crippen MR) is 103 cm³/mol. The van der Waals surface area contributed by atoms with E-state index in [1.165, 1.54) is 6.07 Å². The Bertz CT molecular complexity index is 897. The number of halogens is 1. The van der Waals surface area contributed by atoms with Crippen molar-refractivity contribution in [1.29, 1.82) is 0 Å². The molecule has 0 bridgehead atoms. The standard InChI is InChI=1S/C22H23FN2O3/c1-15-22(27)24(19-8-4-5-9-20(19)28-15)13-12-21(26)25(17-10-11-17)14-16-6-2-3-7-18(16)23/h2-9,15,17H,10-14H2,1H3. The van der Waals surface area contributed by atoms with Crippen LogP contribution in [0.2, 0.25) is 0 Å². The number of fused-ring (bicyclic) bond motifs is 1. The molecule has 6 heteroatoms. The molecule has 2 aliphatic rings. The Morgan fingerprint density at radius 3 is 2.64 bits per heavy atom. The van der Waals surface area contributed by atoms with Crippen LogP contribution in [0.5, 0.6) is 5.75 Å². The molecule has 0 N–H and O–H groups in total. The fourth-order valence-corrected chi connectivity index (χ4v) is 3.56. The highest BCUT2D eigenvalue weighted by molar-refractivity contribution is 6.00. The van der Waals surface area contributed by atoms with Crippen molar-refractivity contribution in [3.63, 3.8) is 0 Å². The van der Waals surface area contributed by atoms with Gasteiger partial charge in [-0.1, -0.05) is 30.3 Å². The minimum Gasteiger partial charge on any atom is -0.479 e. The van der Waals surface area contributed by atoms with E-state index in [1.54, 1.807) is 34.9 Å². The lowest BCUT2D eigenvalue weighted by atomic mass is 10.1. The molecule has 2 amide bonds. The van der Waals surface area contributed by atoms with E-state index in [1.807, 2.05) is 24.3 Å². The molecular weight excluding hydrogens is 359 g/mol. The minimum atomic E-state index is -0.581. The molecular formula is C22H23FN2O3. The predicted octanol–water partition coefficient (Wildman–Crippen LogP) is 3.52. The number of carbonyl (C=O) groups excluding carboxylic acids is 2. The van der Waals surface area contributed by atoms with Crippen molar-refractivity contribution in [2.75, 3.05) is 11.4 Å². The summed E-state index contributed by atoms with van der Waals surface area (Å²) in [6, 6.07) is 14.0. The summed E-state index contributed by atoms with van der Waals surface area (Å²) in [6.07, 6.45) is 1.49. The summed E-state index contributed by atoms with van der Waals surface area (Å²) in [5.74, 6) is 0.133. The Morgan fingerprint density at radius 1 is 1.18 bits per heavy atom. The third-order valence-corrected chi connectivity index (χ3v) is 5.23. The van der Waals surface area contributed by atoms with Gasteiger partial charge in [0, 0.05) is 31.1 Å². The van der Waals surface area contributed by atoms with Gasteiger partial charge in [-0.05, 0) is 38.0 Å². The van der Waals surface area contributed by atoms with Crippen LogP contribution < -0.4 is 9.64 Å². The number of anilines is 1. The Kier molecular flexibility index (Phi) is 5.03. The zero-order chi connectivity index (χ0) is 19.7. The lowest BCUT2D eigenvalue weighted by Crippen LogP contribution is -2.46. The third-order valence-electron chi connectivity index (χ3n) is 5.23. The van der Waals surface area contributed by atoms with E-state index in [9.17, 15) is 14.0 Å². The highest BCUT2D eigenvalue weighted by Gasteiger charge is 2.35. The van der Waals surface area contributed by atoms with Crippen LogP contribution in [0.15, 0.2) is 48.5 Å². The number of ether oxygens (including phenoxy) is 1. The number of amides is 2. The monoisotopic (exact) mass is 382 g/mol. The summed E-state index contributed by atoms with van der Waals surface area (Å²) in [7, 11) is 0. The van der Waals surface area contributed by atoms with Gasteiger partial charge in [0.2, 0.25) is 5.91 Å². The van der Waals surface area contributed by atoms with E-state index in [4.69, 9.17) is 4.74 Å². The first-order valence-corrected chi connectivity index (χ1v) is 9.64. The van der Waals surface area contributed by atoms with E-state index in [2.05, 4.69) is 0 Å². The number of hydrogen-bond acceptors (Lipinski definition) is 3. The van der Waals surface area contributed by atoms with Crippen molar-refractivity contribution in [2.24, 2.45) is 0 Å². The van der Waals surface area contributed by atoms with Gasteiger partial charge in [-0.25, -0.2) is 4.39 Å². The second-order valence-electron chi connectivity index (χ2n) is 7.31. The molecule has 1 unspecified atom stereocenters. The number of carbonyl (C=O) groups is 2. The van der Waals surface area contributed by atoms with Gasteiger partial charge >= 0.3 is 0 Å². The van der Waals surface area contributed by atoms with Gasteiger partial charge in [0.15, 0.2) is 6.10 Å². The molecule has 1 fully saturated rings. The molecule has 0 radical (unpaired) electrons. The van der Waals surface area contributed by atoms with E-state index in [0.717, 1.165) is 12.8 Å². The molecule has 0 saturated heterocycles. The molecule has 4 rings (SSSR count). The Labute approximate surface area is 163 Å². The van der Waals surface area contributed by atoms with Gasteiger partial charge in [-0.3, -0.25) is 9.59 Å². The van der Waals surface area contributed by atoms with Crippen molar-refractivity contribution >= 4 is 17.5 Å². The molecule has 1 heterocycles. The van der Waals surface area contributed by atoms with E-state index < -0.39 is 6.10 Å². The van der Waals surface area contributed by atoms with Crippen molar-refractivity contribution in [2.45, 2.75) is 44.9 Å². The van der Waals surface area contributed by atoms with E-state index >= 15 is 0 Å². The average Bonchev–Trinajstić information content (AvgIpc) is 3.52. The molecule has 2 aromatic rings. The lowest BCUT2D eigenvalue weighted by Gasteiger charge is -2.33. The Hall–Kier alpha value is -2.89. The zero-order valence-corrected chi connectivity index (χ0v) is 15.8. The van der Waals surface area contributed by atoms with Crippen molar-refractivity contribution < 1.29 is 18.7 Å². The average molecular weight is 382 g/mol. The first kappa shape index (κ1) is 18.5. The minimum absolute atomic E-state index is 0.0600. The summed E-state index contributed by atoms with van der Waals surface area (Å²) in [4.78, 5) is 28.9. The summed E-state index contributed by atoms with van der Waals surface area (Å²) in [6.45, 7) is 2.25. The van der Waals surface area contributed by atoms with Crippen LogP contribution >= 0.6 is 0 Å². The molecule has 146 valence electrons. The van der Waals surface area contributed by atoms with Crippen LogP contribution in [0.25, 0.3) is 0 Å². The second kappa shape index (κ2) is 7.62. The van der Waals surface area contributed by atoms with Gasteiger partial charge in [0.1, 0.15) is 11.6 Å². The number of benzene rings is 2. The number of para-hydroxylation sites is 2. The Morgan fingerprint density at radius 2 is 1.89 bits per heavy atom. The lowest BCUT2D eigenvalue weighted by molar-refractivity contribution is -0.132. The summed E-state index contributed by atoms with van der Waals surface area (Å²) >= 11 is 0. The van der Waals surface area contributed by atoms with Crippen molar-refractivity contribution in [1.82, 2.24) is 4.90 Å². The normalized spacial score (nSPS) is 18.4. The highest BCUT2D eigenvalue weighted by atomic mass is 19.1. The second-order valence-corrected chi connectivity index (χ2v) is 7.31. The Balaban J connectivity index is 1.47. The maximum Gasteiger partial charge on any atom is 0.267 e. The van der Waals surface area contributed by atoms with E-state index in [0.29, 0.717) is 17.0 Å². The SMILES string of the molecule is CC1Oc2ccccc2N(CCC(=O)N(Cc2ccccc2F)C2CC2)C1=O. The fraction of sp³-hybridized carbons (Fsp3) is 0.364. The molecule has 1 aliphatic carbocycles. The van der Waals surface area contributed by atoms with Crippen LogP contribution in [-0.2, 0) is 16.1 Å². The number of rotatable bonds is 6. The molecule has 5 nitrogen and oxygen atoms in total. The van der Waals surface area contributed by atoms with Gasteiger partial charge in [-0.15, -0.1) is 0 Å². The molecule has 2 aromatic carbocycles. The third kappa shape index (κ3) is 3.72.